The van der Waals surface area contributed by atoms with Crippen LogP contribution in [-0.2, 0) is 11.3 Å². The fourth-order valence-corrected chi connectivity index (χ4v) is 5.39. The number of hydrogen-bond acceptors (Lipinski definition) is 2. The molecule has 28 heavy (non-hydrogen) atoms. The van der Waals surface area contributed by atoms with Gasteiger partial charge in [-0.3, -0.25) is 4.79 Å². The molecule has 5 rings (SSSR count). The molecule has 2 atom stereocenters. The van der Waals surface area contributed by atoms with E-state index in [0.29, 0.717) is 12.5 Å². The number of para-hydroxylation sites is 1. The molecule has 146 valence electrons. The summed E-state index contributed by atoms with van der Waals surface area (Å²) in [6, 6.07) is 14.5. The van der Waals surface area contributed by atoms with Crippen molar-refractivity contribution in [2.45, 2.75) is 38.6 Å². The molecule has 1 amide bonds. The van der Waals surface area contributed by atoms with E-state index in [1.807, 2.05) is 12.1 Å². The summed E-state index contributed by atoms with van der Waals surface area (Å²) in [6.45, 7) is 2.26. The van der Waals surface area contributed by atoms with Gasteiger partial charge in [0.15, 0.2) is 0 Å². The molecule has 1 saturated heterocycles. The quantitative estimate of drug-likeness (QED) is 0.655. The highest BCUT2D eigenvalue weighted by molar-refractivity contribution is 6.09. The number of aromatic nitrogens is 1. The van der Waals surface area contributed by atoms with Gasteiger partial charge < -0.3 is 14.2 Å². The monoisotopic (exact) mass is 376 g/mol. The van der Waals surface area contributed by atoms with Gasteiger partial charge in [-0.25, -0.2) is 0 Å². The number of hydrogen-bond donors (Lipinski definition) is 0. The lowest BCUT2D eigenvalue weighted by atomic mass is 9.75. The smallest absolute Gasteiger partial charge is 0.242 e. The van der Waals surface area contributed by atoms with Crippen molar-refractivity contribution in [3.05, 3.63) is 42.5 Å². The molecule has 1 aliphatic carbocycles. The van der Waals surface area contributed by atoms with Crippen molar-refractivity contribution in [1.82, 2.24) is 9.47 Å². The average Bonchev–Trinajstić information content (AvgIpc) is 3.06. The van der Waals surface area contributed by atoms with Crippen LogP contribution >= 0.6 is 0 Å². The number of carbonyl (C=O) groups is 1. The zero-order valence-electron chi connectivity index (χ0n) is 16.6. The molecule has 4 nitrogen and oxygen atoms in total. The summed E-state index contributed by atoms with van der Waals surface area (Å²) in [5.41, 5.74) is 2.19. The first-order valence-corrected chi connectivity index (χ1v) is 10.6. The number of piperidine rings is 1. The lowest BCUT2D eigenvalue weighted by Crippen LogP contribution is -2.45. The third-order valence-electron chi connectivity index (χ3n) is 6.92. The third kappa shape index (κ3) is 2.95. The Morgan fingerprint density at radius 3 is 2.64 bits per heavy atom. The van der Waals surface area contributed by atoms with Crippen molar-refractivity contribution in [2.75, 3.05) is 20.2 Å². The number of methoxy groups -OCH3 is 1. The largest absolute Gasteiger partial charge is 0.497 e. The molecule has 0 radical (unpaired) electrons. The molecule has 1 saturated carbocycles. The van der Waals surface area contributed by atoms with E-state index < -0.39 is 0 Å². The van der Waals surface area contributed by atoms with E-state index in [2.05, 4.69) is 39.8 Å². The Labute approximate surface area is 166 Å². The molecule has 2 aromatic carbocycles. The molecule has 0 unspecified atom stereocenters. The molecule has 2 aliphatic rings. The predicted octanol–water partition coefficient (Wildman–Crippen LogP) is 4.84. The van der Waals surface area contributed by atoms with Gasteiger partial charge in [0.25, 0.3) is 0 Å². The first-order valence-electron chi connectivity index (χ1n) is 10.6. The minimum Gasteiger partial charge on any atom is -0.497 e. The molecule has 0 spiro atoms. The van der Waals surface area contributed by atoms with Crippen LogP contribution in [-0.4, -0.2) is 35.6 Å². The minimum atomic E-state index is 0.245. The second kappa shape index (κ2) is 7.16. The maximum atomic E-state index is 13.3. The lowest BCUT2D eigenvalue weighted by Gasteiger charge is -2.41. The Balaban J connectivity index is 1.47. The molecule has 2 heterocycles. The highest BCUT2D eigenvalue weighted by Gasteiger charge is 2.33. The second-order valence-electron chi connectivity index (χ2n) is 8.42. The topological polar surface area (TPSA) is 34.5 Å². The van der Waals surface area contributed by atoms with Crippen molar-refractivity contribution in [3.8, 4) is 5.75 Å². The SMILES string of the molecule is COc1ccc2c3ccccc3n(CC(=O)N3CC[C@@H]4CCCC[C@H]4C3)c2c1. The first-order chi connectivity index (χ1) is 13.7. The number of ether oxygens (including phenoxy) is 1. The number of benzene rings is 2. The van der Waals surface area contributed by atoms with Crippen molar-refractivity contribution >= 4 is 27.7 Å². The predicted molar refractivity (Wildman–Crippen MR) is 113 cm³/mol. The van der Waals surface area contributed by atoms with Crippen molar-refractivity contribution in [2.24, 2.45) is 11.8 Å². The van der Waals surface area contributed by atoms with Crippen LogP contribution in [0.5, 0.6) is 5.75 Å². The van der Waals surface area contributed by atoms with E-state index in [4.69, 9.17) is 4.74 Å². The fraction of sp³-hybridized carbons (Fsp3) is 0.458. The van der Waals surface area contributed by atoms with Gasteiger partial charge >= 0.3 is 0 Å². The van der Waals surface area contributed by atoms with Gasteiger partial charge in [0.1, 0.15) is 12.3 Å². The number of nitrogens with zero attached hydrogens (tertiary/aromatic N) is 2. The van der Waals surface area contributed by atoms with Crippen molar-refractivity contribution in [3.63, 3.8) is 0 Å². The van der Waals surface area contributed by atoms with Crippen LogP contribution in [0.4, 0.5) is 0 Å². The molecule has 2 fully saturated rings. The first kappa shape index (κ1) is 17.6. The highest BCUT2D eigenvalue weighted by Crippen LogP contribution is 2.36. The van der Waals surface area contributed by atoms with E-state index in [9.17, 15) is 4.79 Å². The van der Waals surface area contributed by atoms with Crippen LogP contribution in [0, 0.1) is 11.8 Å². The Morgan fingerprint density at radius 1 is 1.00 bits per heavy atom. The van der Waals surface area contributed by atoms with Crippen LogP contribution < -0.4 is 4.74 Å². The Morgan fingerprint density at radius 2 is 1.79 bits per heavy atom. The summed E-state index contributed by atoms with van der Waals surface area (Å²) >= 11 is 0. The van der Waals surface area contributed by atoms with Crippen LogP contribution in [0.3, 0.4) is 0 Å². The average molecular weight is 377 g/mol. The molecule has 4 heteroatoms. The van der Waals surface area contributed by atoms with Gasteiger partial charge in [-0.2, -0.15) is 0 Å². The maximum Gasteiger partial charge on any atom is 0.242 e. The molecule has 1 aromatic heterocycles. The molecular weight excluding hydrogens is 348 g/mol. The van der Waals surface area contributed by atoms with E-state index in [1.54, 1.807) is 7.11 Å². The maximum absolute atomic E-state index is 13.3. The number of carbonyl (C=O) groups excluding carboxylic acids is 1. The lowest BCUT2D eigenvalue weighted by molar-refractivity contribution is -0.134. The van der Waals surface area contributed by atoms with Gasteiger partial charge in [-0.05, 0) is 42.9 Å². The summed E-state index contributed by atoms with van der Waals surface area (Å²) in [5, 5.41) is 2.37. The molecular formula is C24H28N2O2. The van der Waals surface area contributed by atoms with Crippen LogP contribution in [0.1, 0.15) is 32.1 Å². The minimum absolute atomic E-state index is 0.245. The highest BCUT2D eigenvalue weighted by atomic mass is 16.5. The molecule has 1 aliphatic heterocycles. The van der Waals surface area contributed by atoms with Gasteiger partial charge in [0.2, 0.25) is 5.91 Å². The van der Waals surface area contributed by atoms with E-state index in [-0.39, 0.29) is 5.91 Å². The summed E-state index contributed by atoms with van der Waals surface area (Å²) in [6.07, 6.45) is 6.53. The Hall–Kier alpha value is -2.49. The van der Waals surface area contributed by atoms with Gasteiger partial charge in [0, 0.05) is 35.4 Å². The van der Waals surface area contributed by atoms with E-state index in [1.165, 1.54) is 42.9 Å². The number of amides is 1. The summed E-state index contributed by atoms with van der Waals surface area (Å²) in [7, 11) is 1.69. The summed E-state index contributed by atoms with van der Waals surface area (Å²) in [4.78, 5) is 15.4. The molecule has 3 aromatic rings. The zero-order valence-corrected chi connectivity index (χ0v) is 16.6. The number of rotatable bonds is 3. The number of fused-ring (bicyclic) bond motifs is 4. The van der Waals surface area contributed by atoms with Gasteiger partial charge in [0.05, 0.1) is 12.6 Å². The molecule has 0 bridgehead atoms. The fourth-order valence-electron chi connectivity index (χ4n) is 5.39. The zero-order chi connectivity index (χ0) is 19.1. The Bertz CT molecular complexity index is 1020. The van der Waals surface area contributed by atoms with E-state index >= 15 is 0 Å². The Kier molecular flexibility index (Phi) is 4.50. The van der Waals surface area contributed by atoms with E-state index in [0.717, 1.165) is 35.8 Å². The van der Waals surface area contributed by atoms with Crippen LogP contribution in [0.15, 0.2) is 42.5 Å². The summed E-state index contributed by atoms with van der Waals surface area (Å²) < 4.78 is 7.61. The van der Waals surface area contributed by atoms with Gasteiger partial charge in [-0.15, -0.1) is 0 Å². The van der Waals surface area contributed by atoms with Crippen molar-refractivity contribution < 1.29 is 9.53 Å². The second-order valence-corrected chi connectivity index (χ2v) is 8.42. The van der Waals surface area contributed by atoms with Crippen LogP contribution in [0.2, 0.25) is 0 Å². The number of likely N-dealkylation sites (tertiary alicyclic amines) is 1. The van der Waals surface area contributed by atoms with Crippen LogP contribution in [0.25, 0.3) is 21.8 Å². The standard InChI is InChI=1S/C24H28N2O2/c1-28-19-10-11-21-20-8-4-5-9-22(20)26(23(21)14-19)16-24(27)25-13-12-17-6-2-3-7-18(17)15-25/h4-5,8-11,14,17-18H,2-3,6-7,12-13,15-16H2,1H3/t17-,18-/m0/s1. The summed E-state index contributed by atoms with van der Waals surface area (Å²) in [5.74, 6) is 2.63. The van der Waals surface area contributed by atoms with Crippen molar-refractivity contribution in [1.29, 1.82) is 0 Å². The molecule has 0 N–H and O–H groups in total. The third-order valence-corrected chi connectivity index (χ3v) is 6.92. The normalized spacial score (nSPS) is 22.4. The van der Waals surface area contributed by atoms with Gasteiger partial charge in [-0.1, -0.05) is 37.5 Å².